The van der Waals surface area contributed by atoms with Crippen molar-refractivity contribution in [2.45, 2.75) is 37.8 Å². The molecule has 2 aromatic rings. The minimum Gasteiger partial charge on any atom is -0.340 e. The molecule has 0 atom stereocenters. The van der Waals surface area contributed by atoms with Crippen molar-refractivity contribution in [3.63, 3.8) is 0 Å². The predicted molar refractivity (Wildman–Crippen MR) is 96.8 cm³/mol. The normalized spacial score (nSPS) is 20.9. The molecule has 2 fully saturated rings. The Morgan fingerprint density at radius 2 is 1.92 bits per heavy atom. The number of nitrogens with zero attached hydrogens (tertiary/aromatic N) is 3. The number of hydrogen-bond acceptors (Lipinski definition) is 4. The third-order valence-electron chi connectivity index (χ3n) is 5.63. The largest absolute Gasteiger partial charge is 0.340 e. The molecule has 2 saturated heterocycles. The number of rotatable bonds is 3. The average Bonchev–Trinajstić information content (AvgIpc) is 3.19. The van der Waals surface area contributed by atoms with Gasteiger partial charge < -0.3 is 4.90 Å². The lowest BCUT2D eigenvalue weighted by molar-refractivity contribution is -0.130. The zero-order valence-electron chi connectivity index (χ0n) is 14.1. The van der Waals surface area contributed by atoms with Gasteiger partial charge in [0.1, 0.15) is 5.01 Å². The number of piperidine rings is 1. The maximum atomic E-state index is 11.9. The van der Waals surface area contributed by atoms with E-state index in [0.29, 0.717) is 5.91 Å². The number of carbonyl (C=O) groups is 1. The maximum absolute atomic E-state index is 11.9. The Hall–Kier alpha value is -1.72. The Kier molecular flexibility index (Phi) is 4.14. The van der Waals surface area contributed by atoms with Crippen LogP contribution in [-0.4, -0.2) is 46.4 Å². The minimum atomic E-state index is 0.135. The number of carbonyl (C=O) groups excluding carboxylic acids is 1. The van der Waals surface area contributed by atoms with E-state index in [4.69, 9.17) is 0 Å². The van der Waals surface area contributed by atoms with Crippen LogP contribution in [-0.2, 0) is 11.3 Å². The molecule has 1 aromatic heterocycles. The molecule has 3 heterocycles. The van der Waals surface area contributed by atoms with Crippen molar-refractivity contribution in [1.82, 2.24) is 14.8 Å². The van der Waals surface area contributed by atoms with E-state index in [0.717, 1.165) is 50.3 Å². The van der Waals surface area contributed by atoms with E-state index in [1.54, 1.807) is 11.3 Å². The van der Waals surface area contributed by atoms with Crippen LogP contribution >= 0.6 is 11.3 Å². The highest BCUT2D eigenvalue weighted by atomic mass is 32.1. The van der Waals surface area contributed by atoms with E-state index in [9.17, 15) is 4.79 Å². The summed E-state index contributed by atoms with van der Waals surface area (Å²) < 4.78 is 0. The van der Waals surface area contributed by atoms with Crippen LogP contribution in [0.4, 0.5) is 0 Å². The van der Waals surface area contributed by atoms with Crippen LogP contribution in [0.5, 0.6) is 0 Å². The van der Waals surface area contributed by atoms with Crippen molar-refractivity contribution < 1.29 is 4.79 Å². The highest BCUT2D eigenvalue weighted by Crippen LogP contribution is 2.38. The Morgan fingerprint density at radius 3 is 2.58 bits per heavy atom. The van der Waals surface area contributed by atoms with E-state index in [1.165, 1.54) is 10.4 Å². The standard InChI is InChI=1S/C19H23N3OS/c1-21-17(23)7-8-19(21)9-11-22(12-10-19)14-16-13-20-18(24-16)15-5-3-2-4-6-15/h2-6,13H,7-12,14H2,1H3. The van der Waals surface area contributed by atoms with Gasteiger partial charge in [0.05, 0.1) is 0 Å². The van der Waals surface area contributed by atoms with Crippen molar-refractivity contribution in [2.75, 3.05) is 20.1 Å². The molecule has 0 N–H and O–H groups in total. The van der Waals surface area contributed by atoms with Gasteiger partial charge in [-0.1, -0.05) is 30.3 Å². The first-order chi connectivity index (χ1) is 11.7. The number of likely N-dealkylation sites (tertiary alicyclic amines) is 2. The Balaban J connectivity index is 1.38. The van der Waals surface area contributed by atoms with Crippen molar-refractivity contribution in [3.05, 3.63) is 41.4 Å². The van der Waals surface area contributed by atoms with Gasteiger partial charge >= 0.3 is 0 Å². The fraction of sp³-hybridized carbons (Fsp3) is 0.474. The van der Waals surface area contributed by atoms with Crippen molar-refractivity contribution in [3.8, 4) is 10.6 Å². The molecule has 1 amide bonds. The van der Waals surface area contributed by atoms with E-state index in [2.05, 4.69) is 34.1 Å². The van der Waals surface area contributed by atoms with Crippen LogP contribution in [0.1, 0.15) is 30.6 Å². The number of thiazole rings is 1. The first-order valence-corrected chi connectivity index (χ1v) is 9.47. The Morgan fingerprint density at radius 1 is 1.17 bits per heavy atom. The number of hydrogen-bond donors (Lipinski definition) is 0. The molecule has 0 radical (unpaired) electrons. The molecular weight excluding hydrogens is 318 g/mol. The van der Waals surface area contributed by atoms with Crippen LogP contribution in [0, 0.1) is 0 Å². The minimum absolute atomic E-state index is 0.135. The van der Waals surface area contributed by atoms with Gasteiger partial charge in [-0.25, -0.2) is 4.98 Å². The van der Waals surface area contributed by atoms with Gasteiger partial charge in [-0.2, -0.15) is 0 Å². The van der Waals surface area contributed by atoms with E-state index in [1.807, 2.05) is 24.2 Å². The Labute approximate surface area is 147 Å². The second kappa shape index (κ2) is 6.30. The number of amides is 1. The first kappa shape index (κ1) is 15.8. The molecule has 24 heavy (non-hydrogen) atoms. The fourth-order valence-corrected chi connectivity index (χ4v) is 4.93. The first-order valence-electron chi connectivity index (χ1n) is 8.65. The third kappa shape index (κ3) is 2.87. The molecule has 0 unspecified atom stereocenters. The second-order valence-electron chi connectivity index (χ2n) is 6.95. The molecule has 126 valence electrons. The monoisotopic (exact) mass is 341 g/mol. The lowest BCUT2D eigenvalue weighted by Crippen LogP contribution is -2.51. The van der Waals surface area contributed by atoms with Crippen LogP contribution in [0.2, 0.25) is 0 Å². The summed E-state index contributed by atoms with van der Waals surface area (Å²) >= 11 is 1.79. The zero-order chi connectivity index (χ0) is 16.6. The van der Waals surface area contributed by atoms with Crippen LogP contribution in [0.15, 0.2) is 36.5 Å². The summed E-state index contributed by atoms with van der Waals surface area (Å²) in [4.78, 5) is 22.3. The highest BCUT2D eigenvalue weighted by Gasteiger charge is 2.44. The number of aromatic nitrogens is 1. The summed E-state index contributed by atoms with van der Waals surface area (Å²) in [6, 6.07) is 10.4. The van der Waals surface area contributed by atoms with Gasteiger partial charge in [0, 0.05) is 55.3 Å². The molecule has 0 saturated carbocycles. The summed E-state index contributed by atoms with van der Waals surface area (Å²) in [5.74, 6) is 0.318. The molecule has 4 rings (SSSR count). The molecule has 1 aromatic carbocycles. The summed E-state index contributed by atoms with van der Waals surface area (Å²) in [5, 5.41) is 1.10. The van der Waals surface area contributed by atoms with Gasteiger partial charge in [-0.3, -0.25) is 9.69 Å². The molecule has 2 aliphatic heterocycles. The van der Waals surface area contributed by atoms with Crippen LogP contribution in [0.25, 0.3) is 10.6 Å². The van der Waals surface area contributed by atoms with Crippen molar-refractivity contribution in [1.29, 1.82) is 0 Å². The molecule has 4 nitrogen and oxygen atoms in total. The highest BCUT2D eigenvalue weighted by molar-refractivity contribution is 7.15. The average molecular weight is 341 g/mol. The Bertz CT molecular complexity index is 719. The molecule has 2 aliphatic rings. The summed E-state index contributed by atoms with van der Waals surface area (Å²) in [6.07, 6.45) is 5.97. The van der Waals surface area contributed by atoms with Crippen LogP contribution < -0.4 is 0 Å². The zero-order valence-corrected chi connectivity index (χ0v) is 14.9. The molecule has 5 heteroatoms. The fourth-order valence-electron chi connectivity index (χ4n) is 3.97. The van der Waals surface area contributed by atoms with Gasteiger partial charge in [0.25, 0.3) is 0 Å². The van der Waals surface area contributed by atoms with Crippen LogP contribution in [0.3, 0.4) is 0 Å². The van der Waals surface area contributed by atoms with E-state index in [-0.39, 0.29) is 5.54 Å². The lowest BCUT2D eigenvalue weighted by Gasteiger charge is -2.43. The van der Waals surface area contributed by atoms with E-state index >= 15 is 0 Å². The van der Waals surface area contributed by atoms with Crippen molar-refractivity contribution >= 4 is 17.2 Å². The van der Waals surface area contributed by atoms with Gasteiger partial charge in [0.15, 0.2) is 0 Å². The lowest BCUT2D eigenvalue weighted by atomic mass is 9.85. The predicted octanol–water partition coefficient (Wildman–Crippen LogP) is 3.40. The van der Waals surface area contributed by atoms with E-state index < -0.39 is 0 Å². The molecule has 0 aliphatic carbocycles. The molecule has 1 spiro atoms. The third-order valence-corrected chi connectivity index (χ3v) is 6.66. The van der Waals surface area contributed by atoms with Gasteiger partial charge in [0.2, 0.25) is 5.91 Å². The maximum Gasteiger partial charge on any atom is 0.222 e. The quantitative estimate of drug-likeness (QED) is 0.858. The summed E-state index contributed by atoms with van der Waals surface area (Å²) in [6.45, 7) is 3.10. The van der Waals surface area contributed by atoms with Gasteiger partial charge in [-0.15, -0.1) is 11.3 Å². The van der Waals surface area contributed by atoms with Crippen molar-refractivity contribution in [2.24, 2.45) is 0 Å². The molecule has 0 bridgehead atoms. The summed E-state index contributed by atoms with van der Waals surface area (Å²) in [5.41, 5.74) is 1.33. The number of benzene rings is 1. The second-order valence-corrected chi connectivity index (χ2v) is 8.07. The topological polar surface area (TPSA) is 36.4 Å². The smallest absolute Gasteiger partial charge is 0.222 e. The van der Waals surface area contributed by atoms with Gasteiger partial charge in [-0.05, 0) is 19.3 Å². The summed E-state index contributed by atoms with van der Waals surface area (Å²) in [7, 11) is 1.99. The SMILES string of the molecule is CN1C(=O)CCC12CCN(Cc1cnc(-c3ccccc3)s1)CC2. The molecular formula is C19H23N3OS.